The summed E-state index contributed by atoms with van der Waals surface area (Å²) in [5.74, 6) is -2.03. The van der Waals surface area contributed by atoms with E-state index >= 15 is 0 Å². The molecule has 0 saturated carbocycles. The van der Waals surface area contributed by atoms with Gasteiger partial charge in [-0.2, -0.15) is 0 Å². The number of nitrogens with one attached hydrogen (secondary N) is 1. The minimum Gasteiger partial charge on any atom is -0.405 e. The Balaban J connectivity index is 1.36. The largest absolute Gasteiger partial charge is 0.573 e. The van der Waals surface area contributed by atoms with E-state index in [2.05, 4.69) is 20.0 Å². The second-order valence-electron chi connectivity index (χ2n) is 8.20. The van der Waals surface area contributed by atoms with E-state index in [-0.39, 0.29) is 40.8 Å². The van der Waals surface area contributed by atoms with Crippen LogP contribution in [0.5, 0.6) is 5.75 Å². The van der Waals surface area contributed by atoms with Gasteiger partial charge in [0.2, 0.25) is 0 Å². The first-order valence-electron chi connectivity index (χ1n) is 10.7. The van der Waals surface area contributed by atoms with Crippen molar-refractivity contribution in [3.8, 4) is 17.0 Å². The monoisotopic (exact) mass is 491 g/mol. The molecular formula is C23H18F5N5O2. The number of ether oxygens (including phenoxy) is 1. The van der Waals surface area contributed by atoms with E-state index in [4.69, 9.17) is 0 Å². The molecule has 0 radical (unpaired) electrons. The molecule has 1 N–H and O–H groups in total. The second-order valence-corrected chi connectivity index (χ2v) is 8.20. The SMILES string of the molecule is O=C(c1cc2c(OC(F)(F)F)cccc2[nH]1)N1CCCC(n2cc(-c3cc(F)ccc3F)nn2)C1. The summed E-state index contributed by atoms with van der Waals surface area (Å²) in [7, 11) is 0. The van der Waals surface area contributed by atoms with Crippen LogP contribution in [0, 0.1) is 11.6 Å². The van der Waals surface area contributed by atoms with E-state index < -0.39 is 23.7 Å². The maximum atomic E-state index is 14.1. The van der Waals surface area contributed by atoms with E-state index in [1.807, 2.05) is 0 Å². The van der Waals surface area contributed by atoms with E-state index in [1.54, 1.807) is 11.0 Å². The normalized spacial score (nSPS) is 16.6. The van der Waals surface area contributed by atoms with Crippen LogP contribution in [0.3, 0.4) is 0 Å². The van der Waals surface area contributed by atoms with Crippen LogP contribution >= 0.6 is 0 Å². The quantitative estimate of drug-likeness (QED) is 0.404. The number of likely N-dealkylation sites (tertiary alicyclic amines) is 1. The van der Waals surface area contributed by atoms with Crippen LogP contribution < -0.4 is 4.74 Å². The fourth-order valence-corrected chi connectivity index (χ4v) is 4.25. The summed E-state index contributed by atoms with van der Waals surface area (Å²) in [5.41, 5.74) is 0.606. The van der Waals surface area contributed by atoms with Crippen LogP contribution in [0.4, 0.5) is 22.0 Å². The first-order valence-corrected chi connectivity index (χ1v) is 10.7. The third kappa shape index (κ3) is 4.68. The van der Waals surface area contributed by atoms with Crippen molar-refractivity contribution in [2.75, 3.05) is 13.1 Å². The second kappa shape index (κ2) is 8.67. The van der Waals surface area contributed by atoms with Crippen LogP contribution in [0.25, 0.3) is 22.2 Å². The minimum atomic E-state index is -4.86. The number of carbonyl (C=O) groups excluding carboxylic acids is 1. The maximum Gasteiger partial charge on any atom is 0.573 e. The number of piperidine rings is 1. The number of carbonyl (C=O) groups is 1. The fourth-order valence-electron chi connectivity index (χ4n) is 4.25. The number of H-pyrrole nitrogens is 1. The molecule has 35 heavy (non-hydrogen) atoms. The van der Waals surface area contributed by atoms with Crippen molar-refractivity contribution in [1.29, 1.82) is 0 Å². The Morgan fingerprint density at radius 1 is 1.14 bits per heavy atom. The molecule has 0 bridgehead atoms. The summed E-state index contributed by atoms with van der Waals surface area (Å²) in [6.45, 7) is 0.700. The Hall–Kier alpha value is -3.96. The molecule has 1 atom stereocenters. The van der Waals surface area contributed by atoms with Crippen LogP contribution in [0.1, 0.15) is 29.4 Å². The van der Waals surface area contributed by atoms with Gasteiger partial charge in [0, 0.05) is 29.6 Å². The summed E-state index contributed by atoms with van der Waals surface area (Å²) in [6.07, 6.45) is -2.04. The topological polar surface area (TPSA) is 76.0 Å². The summed E-state index contributed by atoms with van der Waals surface area (Å²) < 4.78 is 71.4. The van der Waals surface area contributed by atoms with Gasteiger partial charge in [-0.25, -0.2) is 13.5 Å². The molecule has 5 rings (SSSR count). The zero-order valence-electron chi connectivity index (χ0n) is 18.0. The number of rotatable bonds is 4. The smallest absolute Gasteiger partial charge is 0.405 e. The molecule has 0 spiro atoms. The Morgan fingerprint density at radius 2 is 1.97 bits per heavy atom. The highest BCUT2D eigenvalue weighted by molar-refractivity contribution is 5.99. The van der Waals surface area contributed by atoms with Crippen molar-refractivity contribution in [2.45, 2.75) is 25.2 Å². The molecule has 1 amide bonds. The third-order valence-corrected chi connectivity index (χ3v) is 5.85. The standard InChI is InChI=1S/C23H18F5N5O2/c24-13-6-7-17(25)15(9-13)20-12-33(31-30-20)14-3-2-8-32(11-14)22(34)19-10-16-18(29-19)4-1-5-21(16)35-23(26,27)28/h1,4-7,9-10,12,14,29H,2-3,8,11H2. The Kier molecular flexibility index (Phi) is 5.65. The van der Waals surface area contributed by atoms with Crippen molar-refractivity contribution in [1.82, 2.24) is 24.9 Å². The van der Waals surface area contributed by atoms with Gasteiger partial charge in [0.05, 0.1) is 12.2 Å². The molecular weight excluding hydrogens is 473 g/mol. The number of nitrogens with zero attached hydrogens (tertiary/aromatic N) is 4. The van der Waals surface area contributed by atoms with Gasteiger partial charge in [0.1, 0.15) is 28.8 Å². The van der Waals surface area contributed by atoms with Gasteiger partial charge in [0.15, 0.2) is 0 Å². The molecule has 12 heteroatoms. The Labute approximate surface area is 195 Å². The Bertz CT molecular complexity index is 1400. The summed E-state index contributed by atoms with van der Waals surface area (Å²) in [4.78, 5) is 17.6. The van der Waals surface area contributed by atoms with Gasteiger partial charge in [-0.3, -0.25) is 4.79 Å². The zero-order valence-corrected chi connectivity index (χ0v) is 18.0. The number of hydrogen-bond acceptors (Lipinski definition) is 4. The highest BCUT2D eigenvalue weighted by Gasteiger charge is 2.32. The number of fused-ring (bicyclic) bond motifs is 1. The van der Waals surface area contributed by atoms with Gasteiger partial charge < -0.3 is 14.6 Å². The molecule has 3 heterocycles. The third-order valence-electron chi connectivity index (χ3n) is 5.85. The summed E-state index contributed by atoms with van der Waals surface area (Å²) >= 11 is 0. The number of aromatic nitrogens is 4. The van der Waals surface area contributed by atoms with Crippen LogP contribution in [-0.4, -0.2) is 50.2 Å². The number of halogens is 5. The van der Waals surface area contributed by atoms with Crippen molar-refractivity contribution >= 4 is 16.8 Å². The molecule has 1 fully saturated rings. The van der Waals surface area contributed by atoms with E-state index in [0.717, 1.165) is 18.2 Å². The van der Waals surface area contributed by atoms with Gasteiger partial charge in [-0.05, 0) is 49.2 Å². The lowest BCUT2D eigenvalue weighted by Gasteiger charge is -2.32. The minimum absolute atomic E-state index is 0.0186. The van der Waals surface area contributed by atoms with Gasteiger partial charge in [-0.15, -0.1) is 18.3 Å². The first kappa shape index (κ1) is 22.8. The maximum absolute atomic E-state index is 14.1. The first-order chi connectivity index (χ1) is 16.7. The molecule has 1 saturated heterocycles. The van der Waals surface area contributed by atoms with E-state index in [1.165, 1.54) is 29.1 Å². The zero-order chi connectivity index (χ0) is 24.7. The highest BCUT2D eigenvalue weighted by Crippen LogP contribution is 2.32. The van der Waals surface area contributed by atoms with Crippen LogP contribution in [0.2, 0.25) is 0 Å². The van der Waals surface area contributed by atoms with E-state index in [0.29, 0.717) is 24.9 Å². The Morgan fingerprint density at radius 3 is 2.77 bits per heavy atom. The summed E-state index contributed by atoms with van der Waals surface area (Å²) in [5, 5.41) is 8.13. The number of aromatic amines is 1. The van der Waals surface area contributed by atoms with E-state index in [9.17, 15) is 26.7 Å². The number of amides is 1. The predicted octanol–water partition coefficient (Wildman–Crippen LogP) is 5.08. The summed E-state index contributed by atoms with van der Waals surface area (Å²) in [6, 6.07) is 8.26. The average molecular weight is 491 g/mol. The molecule has 4 aromatic rings. The molecule has 2 aromatic heterocycles. The van der Waals surface area contributed by atoms with Gasteiger partial charge >= 0.3 is 6.36 Å². The highest BCUT2D eigenvalue weighted by atomic mass is 19.4. The number of hydrogen-bond donors (Lipinski definition) is 1. The van der Waals surface area contributed by atoms with Crippen molar-refractivity contribution in [3.63, 3.8) is 0 Å². The van der Waals surface area contributed by atoms with Gasteiger partial charge in [-0.1, -0.05) is 11.3 Å². The molecule has 1 unspecified atom stereocenters. The molecule has 182 valence electrons. The predicted molar refractivity (Wildman–Crippen MR) is 115 cm³/mol. The molecule has 1 aliphatic rings. The molecule has 7 nitrogen and oxygen atoms in total. The van der Waals surface area contributed by atoms with Crippen molar-refractivity contribution in [3.05, 3.63) is 66.0 Å². The van der Waals surface area contributed by atoms with Crippen molar-refractivity contribution in [2.24, 2.45) is 0 Å². The molecule has 2 aromatic carbocycles. The van der Waals surface area contributed by atoms with Gasteiger partial charge in [0.25, 0.3) is 5.91 Å². The number of alkyl halides is 3. The molecule has 1 aliphatic heterocycles. The average Bonchev–Trinajstić information content (AvgIpc) is 3.47. The van der Waals surface area contributed by atoms with Crippen LogP contribution in [-0.2, 0) is 0 Å². The lowest BCUT2D eigenvalue weighted by atomic mass is 10.1. The fraction of sp³-hybridized carbons (Fsp3) is 0.261. The van der Waals surface area contributed by atoms with Crippen molar-refractivity contribution < 1.29 is 31.5 Å². The van der Waals surface area contributed by atoms with Crippen LogP contribution in [0.15, 0.2) is 48.7 Å². The molecule has 0 aliphatic carbocycles. The lowest BCUT2D eigenvalue weighted by Crippen LogP contribution is -2.41. The number of benzene rings is 2. The lowest BCUT2D eigenvalue weighted by molar-refractivity contribution is -0.274.